The second-order valence-electron chi connectivity index (χ2n) is 7.53. The Morgan fingerprint density at radius 2 is 1.86 bits per heavy atom. The molecule has 0 radical (unpaired) electrons. The van der Waals surface area contributed by atoms with Crippen LogP contribution in [-0.2, 0) is 10.8 Å². The lowest BCUT2D eigenvalue weighted by atomic mass is 10.2. The quantitative estimate of drug-likeness (QED) is 0.495. The number of halogens is 2. The van der Waals surface area contributed by atoms with E-state index in [1.807, 2.05) is 12.1 Å². The molecule has 1 atom stereocenters. The number of aryl methyl sites for hydroxylation is 1. The minimum absolute atomic E-state index is 0. The standard InChI is InChI=1S/C20H26N4OS.2ClH/c1-16-6-7-17-19(15-16)26(25)18-5-3-8-21-20(18)24(17)10-4-9-23-13-11-22(2)12-14-23;;/h3,5-8,15H,4,9-14H2,1-2H3;2*1H. The summed E-state index contributed by atoms with van der Waals surface area (Å²) in [6.45, 7) is 9.23. The third kappa shape index (κ3) is 4.69. The van der Waals surface area contributed by atoms with E-state index in [4.69, 9.17) is 0 Å². The molecule has 8 heteroatoms. The first-order valence-corrected chi connectivity index (χ1v) is 10.7. The summed E-state index contributed by atoms with van der Waals surface area (Å²) in [7, 11) is 1.14. The van der Waals surface area contributed by atoms with Crippen molar-refractivity contribution in [2.75, 3.05) is 51.2 Å². The molecule has 3 heterocycles. The Hall–Kier alpha value is -1.18. The van der Waals surface area contributed by atoms with Crippen LogP contribution in [0.3, 0.4) is 0 Å². The SMILES string of the molecule is Cc1ccc2c(c1)S(=O)c1cccnc1N2CCC[NH+]1CC[NH+](C)CC1.[Cl-].[Cl-]. The van der Waals surface area contributed by atoms with Crippen LogP contribution in [0.2, 0.25) is 0 Å². The van der Waals surface area contributed by atoms with Crippen LogP contribution in [-0.4, -0.2) is 55.5 Å². The predicted octanol–water partition coefficient (Wildman–Crippen LogP) is -6.18. The highest BCUT2D eigenvalue weighted by molar-refractivity contribution is 7.85. The van der Waals surface area contributed by atoms with Gasteiger partial charge in [-0.2, -0.15) is 0 Å². The van der Waals surface area contributed by atoms with Gasteiger partial charge >= 0.3 is 0 Å². The summed E-state index contributed by atoms with van der Waals surface area (Å²) in [5, 5.41) is 0. The molecular formula is C20H28Cl2N4OS. The molecule has 2 aromatic rings. The number of nitrogens with one attached hydrogen (secondary N) is 2. The van der Waals surface area contributed by atoms with Crippen molar-refractivity contribution in [3.05, 3.63) is 42.1 Å². The van der Waals surface area contributed by atoms with Crippen molar-refractivity contribution in [2.24, 2.45) is 0 Å². The number of pyridine rings is 1. The van der Waals surface area contributed by atoms with Crippen LogP contribution >= 0.6 is 0 Å². The minimum atomic E-state index is -1.15. The number of aromatic nitrogens is 1. The molecule has 0 spiro atoms. The first kappa shape index (κ1) is 23.1. The van der Waals surface area contributed by atoms with Gasteiger partial charge in [0.25, 0.3) is 0 Å². The van der Waals surface area contributed by atoms with Crippen molar-refractivity contribution in [1.29, 1.82) is 0 Å². The summed E-state index contributed by atoms with van der Waals surface area (Å²) in [5.41, 5.74) is 2.20. The zero-order valence-electron chi connectivity index (χ0n) is 16.4. The van der Waals surface area contributed by atoms with Gasteiger partial charge in [0.05, 0.1) is 39.9 Å². The van der Waals surface area contributed by atoms with Gasteiger partial charge in [-0.1, -0.05) is 6.07 Å². The number of fused-ring (bicyclic) bond motifs is 2. The summed E-state index contributed by atoms with van der Waals surface area (Å²) in [6.07, 6.45) is 2.92. The van der Waals surface area contributed by atoms with Crippen LogP contribution < -0.4 is 39.5 Å². The molecule has 28 heavy (non-hydrogen) atoms. The molecule has 5 nitrogen and oxygen atoms in total. The highest BCUT2D eigenvalue weighted by Crippen LogP contribution is 2.40. The molecule has 1 fully saturated rings. The van der Waals surface area contributed by atoms with Crippen molar-refractivity contribution in [3.63, 3.8) is 0 Å². The van der Waals surface area contributed by atoms with E-state index in [9.17, 15) is 4.21 Å². The van der Waals surface area contributed by atoms with E-state index >= 15 is 0 Å². The Bertz CT molecular complexity index is 828. The van der Waals surface area contributed by atoms with E-state index in [1.165, 1.54) is 32.7 Å². The van der Waals surface area contributed by atoms with E-state index in [0.29, 0.717) is 0 Å². The molecule has 0 aliphatic carbocycles. The Balaban J connectivity index is 0.00000140. The maximum atomic E-state index is 13.0. The summed E-state index contributed by atoms with van der Waals surface area (Å²) < 4.78 is 13.0. The smallest absolute Gasteiger partial charge is 0.149 e. The molecule has 1 unspecified atom stereocenters. The van der Waals surface area contributed by atoms with Crippen LogP contribution in [0.15, 0.2) is 46.3 Å². The van der Waals surface area contributed by atoms with Crippen LogP contribution in [0.5, 0.6) is 0 Å². The lowest BCUT2D eigenvalue weighted by Crippen LogP contribution is -3.27. The van der Waals surface area contributed by atoms with Crippen molar-refractivity contribution < 1.29 is 38.8 Å². The number of benzene rings is 1. The first-order chi connectivity index (χ1) is 12.6. The highest BCUT2D eigenvalue weighted by Gasteiger charge is 2.29. The molecule has 1 aromatic heterocycles. The topological polar surface area (TPSA) is 42.1 Å². The van der Waals surface area contributed by atoms with Gasteiger partial charge in [-0.15, -0.1) is 0 Å². The maximum Gasteiger partial charge on any atom is 0.149 e. The van der Waals surface area contributed by atoms with Gasteiger partial charge in [-0.05, 0) is 36.8 Å². The van der Waals surface area contributed by atoms with Gasteiger partial charge in [0.2, 0.25) is 0 Å². The number of hydrogen-bond donors (Lipinski definition) is 2. The van der Waals surface area contributed by atoms with Gasteiger partial charge < -0.3 is 39.5 Å². The Morgan fingerprint density at radius 1 is 1.11 bits per heavy atom. The van der Waals surface area contributed by atoms with Gasteiger partial charge in [-0.3, -0.25) is 0 Å². The lowest BCUT2D eigenvalue weighted by molar-refractivity contribution is -1.00. The van der Waals surface area contributed by atoms with E-state index in [2.05, 4.69) is 42.1 Å². The molecule has 0 bridgehead atoms. The third-order valence-corrected chi connectivity index (χ3v) is 6.98. The molecule has 1 saturated heterocycles. The average Bonchev–Trinajstić information content (AvgIpc) is 2.66. The fourth-order valence-electron chi connectivity index (χ4n) is 3.95. The van der Waals surface area contributed by atoms with E-state index in [1.54, 1.807) is 16.0 Å². The second-order valence-corrected chi connectivity index (χ2v) is 8.94. The van der Waals surface area contributed by atoms with Gasteiger partial charge in [-0.25, -0.2) is 9.19 Å². The van der Waals surface area contributed by atoms with Crippen molar-refractivity contribution in [2.45, 2.75) is 23.1 Å². The lowest BCUT2D eigenvalue weighted by Gasteiger charge is -2.32. The Labute approximate surface area is 182 Å². The molecule has 2 aliphatic rings. The number of quaternary nitrogens is 2. The molecule has 1 aromatic carbocycles. The summed E-state index contributed by atoms with van der Waals surface area (Å²) in [5.74, 6) is 0.861. The number of likely N-dealkylation sites (N-methyl/N-ethyl adjacent to an activating group) is 1. The molecular weight excluding hydrogens is 415 g/mol. The maximum absolute atomic E-state index is 13.0. The zero-order chi connectivity index (χ0) is 18.1. The molecule has 0 amide bonds. The predicted molar refractivity (Wildman–Crippen MR) is 104 cm³/mol. The minimum Gasteiger partial charge on any atom is -1.00 e. The van der Waals surface area contributed by atoms with Gasteiger partial charge in [0.15, 0.2) is 0 Å². The van der Waals surface area contributed by atoms with E-state index < -0.39 is 10.8 Å². The van der Waals surface area contributed by atoms with Crippen molar-refractivity contribution in [3.8, 4) is 0 Å². The number of rotatable bonds is 4. The molecule has 154 valence electrons. The summed E-state index contributed by atoms with van der Waals surface area (Å²) in [6, 6.07) is 10.1. The zero-order valence-corrected chi connectivity index (χ0v) is 18.7. The fraction of sp³-hybridized carbons (Fsp3) is 0.450. The van der Waals surface area contributed by atoms with Crippen molar-refractivity contribution >= 4 is 22.3 Å². The highest BCUT2D eigenvalue weighted by atomic mass is 35.5. The second kappa shape index (κ2) is 10.0. The Kier molecular flexibility index (Phi) is 8.28. The normalized spacial score (nSPS) is 23.1. The van der Waals surface area contributed by atoms with Crippen molar-refractivity contribution in [1.82, 2.24) is 4.98 Å². The molecule has 2 N–H and O–H groups in total. The number of hydrogen-bond acceptors (Lipinski definition) is 3. The number of piperazine rings is 1. The fourth-order valence-corrected chi connectivity index (χ4v) is 5.38. The summed E-state index contributed by atoms with van der Waals surface area (Å²) >= 11 is 0. The monoisotopic (exact) mass is 442 g/mol. The summed E-state index contributed by atoms with van der Waals surface area (Å²) in [4.78, 5) is 12.0. The number of anilines is 2. The number of nitrogens with zero attached hydrogens (tertiary/aromatic N) is 2. The largest absolute Gasteiger partial charge is 1.00 e. The molecule has 0 saturated carbocycles. The Morgan fingerprint density at radius 3 is 2.61 bits per heavy atom. The molecule has 4 rings (SSSR count). The van der Waals surface area contributed by atoms with Gasteiger partial charge in [0, 0.05) is 19.2 Å². The van der Waals surface area contributed by atoms with Crippen LogP contribution in [0.4, 0.5) is 11.5 Å². The van der Waals surface area contributed by atoms with Crippen LogP contribution in [0.25, 0.3) is 0 Å². The average molecular weight is 443 g/mol. The first-order valence-electron chi connectivity index (χ1n) is 9.53. The van der Waals surface area contributed by atoms with Gasteiger partial charge in [0.1, 0.15) is 32.0 Å². The third-order valence-electron chi connectivity index (χ3n) is 5.53. The van der Waals surface area contributed by atoms with E-state index in [0.717, 1.165) is 39.8 Å². The van der Waals surface area contributed by atoms with E-state index in [-0.39, 0.29) is 24.8 Å². The van der Waals surface area contributed by atoms with Crippen LogP contribution in [0.1, 0.15) is 12.0 Å². The van der Waals surface area contributed by atoms with Crippen LogP contribution in [0, 0.1) is 6.92 Å². The molecule has 2 aliphatic heterocycles.